The molecule has 0 aromatic carbocycles. The summed E-state index contributed by atoms with van der Waals surface area (Å²) in [5, 5.41) is 3.40. The van der Waals surface area contributed by atoms with Crippen molar-refractivity contribution in [1.82, 2.24) is 4.98 Å². The number of esters is 1. The molecule has 1 amide bonds. The second-order valence-corrected chi connectivity index (χ2v) is 5.89. The number of rotatable bonds is 6. The quantitative estimate of drug-likeness (QED) is 0.783. The van der Waals surface area contributed by atoms with Gasteiger partial charge in [-0.25, -0.2) is 4.98 Å². The number of nitrogens with one attached hydrogen (secondary N) is 1. The molecular weight excluding hydrogens is 306 g/mol. The van der Waals surface area contributed by atoms with Gasteiger partial charge in [-0.05, 0) is 25.8 Å². The number of nitrogens with zero attached hydrogens (tertiary/aromatic N) is 1. The van der Waals surface area contributed by atoms with Gasteiger partial charge in [-0.15, -0.1) is 0 Å². The predicted molar refractivity (Wildman–Crippen MR) is 83.8 cm³/mol. The topological polar surface area (TPSA) is 94.3 Å². The molecule has 0 atom stereocenters. The zero-order valence-corrected chi connectivity index (χ0v) is 13.3. The van der Waals surface area contributed by atoms with E-state index in [9.17, 15) is 9.59 Å². The number of aromatic nitrogens is 1. The Balaban J connectivity index is 2.10. The van der Waals surface area contributed by atoms with Gasteiger partial charge in [0.15, 0.2) is 0 Å². The Bertz CT molecular complexity index is 571. The van der Waals surface area contributed by atoms with Gasteiger partial charge in [0.25, 0.3) is 0 Å². The van der Waals surface area contributed by atoms with Crippen LogP contribution in [0.15, 0.2) is 12.3 Å². The highest BCUT2D eigenvalue weighted by Gasteiger charge is 2.42. The molecule has 0 radical (unpaired) electrons. The molecule has 1 aromatic heterocycles. The molecule has 1 aliphatic rings. The second-order valence-electron chi connectivity index (χ2n) is 5.48. The first-order valence-corrected chi connectivity index (χ1v) is 7.73. The first-order chi connectivity index (χ1) is 10.5. The van der Waals surface area contributed by atoms with E-state index in [4.69, 9.17) is 22.1 Å². The fourth-order valence-corrected chi connectivity index (χ4v) is 2.98. The van der Waals surface area contributed by atoms with E-state index < -0.39 is 11.3 Å². The summed E-state index contributed by atoms with van der Waals surface area (Å²) in [5.41, 5.74) is 4.90. The molecule has 0 spiro atoms. The number of nitrogens with two attached hydrogens (primary N) is 1. The van der Waals surface area contributed by atoms with E-state index in [2.05, 4.69) is 10.3 Å². The van der Waals surface area contributed by atoms with Crippen LogP contribution in [0.4, 0.5) is 5.82 Å². The molecule has 22 heavy (non-hydrogen) atoms. The number of hydrogen-bond donors (Lipinski definition) is 2. The number of primary amides is 1. The van der Waals surface area contributed by atoms with Crippen molar-refractivity contribution in [3.05, 3.63) is 22.8 Å². The smallest absolute Gasteiger partial charge is 0.313 e. The first kappa shape index (κ1) is 16.5. The third-order valence-electron chi connectivity index (χ3n) is 3.99. The number of anilines is 1. The van der Waals surface area contributed by atoms with E-state index in [1.807, 2.05) is 0 Å². The van der Waals surface area contributed by atoms with Gasteiger partial charge in [0.1, 0.15) is 5.82 Å². The van der Waals surface area contributed by atoms with E-state index in [0.717, 1.165) is 25.7 Å². The summed E-state index contributed by atoms with van der Waals surface area (Å²) in [7, 11) is 0. The summed E-state index contributed by atoms with van der Waals surface area (Å²) in [6.07, 6.45) is 4.94. The van der Waals surface area contributed by atoms with Crippen molar-refractivity contribution in [3.63, 3.8) is 0 Å². The first-order valence-electron chi connectivity index (χ1n) is 7.35. The average molecular weight is 326 g/mol. The zero-order chi connectivity index (χ0) is 16.2. The van der Waals surface area contributed by atoms with Crippen molar-refractivity contribution in [2.75, 3.05) is 18.5 Å². The molecule has 7 heteroatoms. The highest BCUT2D eigenvalue weighted by Crippen LogP contribution is 2.39. The fourth-order valence-electron chi connectivity index (χ4n) is 2.74. The second kappa shape index (κ2) is 6.96. The van der Waals surface area contributed by atoms with Crippen LogP contribution in [-0.4, -0.2) is 30.0 Å². The maximum atomic E-state index is 12.2. The van der Waals surface area contributed by atoms with Crippen LogP contribution < -0.4 is 11.1 Å². The minimum absolute atomic E-state index is 0.176. The molecule has 0 aliphatic heterocycles. The molecule has 0 bridgehead atoms. The molecule has 1 saturated carbocycles. The number of halogens is 1. The molecule has 1 fully saturated rings. The summed E-state index contributed by atoms with van der Waals surface area (Å²) < 4.78 is 5.20. The number of hydrogen-bond acceptors (Lipinski definition) is 5. The third kappa shape index (κ3) is 3.50. The fraction of sp³-hybridized carbons (Fsp3) is 0.533. The molecule has 1 heterocycles. The van der Waals surface area contributed by atoms with E-state index in [0.29, 0.717) is 24.0 Å². The van der Waals surface area contributed by atoms with Crippen molar-refractivity contribution in [1.29, 1.82) is 0 Å². The van der Waals surface area contributed by atoms with Gasteiger partial charge in [0.05, 0.1) is 22.6 Å². The van der Waals surface area contributed by atoms with Gasteiger partial charge in [-0.2, -0.15) is 0 Å². The number of carbonyl (C=O) groups is 2. The van der Waals surface area contributed by atoms with Crippen LogP contribution in [0.2, 0.25) is 5.02 Å². The van der Waals surface area contributed by atoms with Crippen molar-refractivity contribution >= 4 is 29.3 Å². The van der Waals surface area contributed by atoms with E-state index >= 15 is 0 Å². The van der Waals surface area contributed by atoms with E-state index in [-0.39, 0.29) is 11.5 Å². The normalized spacial score (nSPS) is 16.3. The maximum Gasteiger partial charge on any atom is 0.313 e. The SMILES string of the molecule is CCOC(=O)C1(CNc2ncc(C(N)=O)cc2Cl)CCCC1. The Labute approximate surface area is 134 Å². The predicted octanol–water partition coefficient (Wildman–Crippen LogP) is 2.37. The van der Waals surface area contributed by atoms with E-state index in [1.165, 1.54) is 12.3 Å². The van der Waals surface area contributed by atoms with Crippen LogP contribution in [0.3, 0.4) is 0 Å². The summed E-state index contributed by atoms with van der Waals surface area (Å²) in [4.78, 5) is 27.4. The van der Waals surface area contributed by atoms with Gasteiger partial charge < -0.3 is 15.8 Å². The monoisotopic (exact) mass is 325 g/mol. The lowest BCUT2D eigenvalue weighted by atomic mass is 9.86. The minimum atomic E-state index is -0.584. The van der Waals surface area contributed by atoms with Crippen LogP contribution in [-0.2, 0) is 9.53 Å². The van der Waals surface area contributed by atoms with Gasteiger partial charge in [0.2, 0.25) is 5.91 Å². The Kier molecular flexibility index (Phi) is 5.24. The largest absolute Gasteiger partial charge is 0.466 e. The standard InChI is InChI=1S/C15H20ClN3O3/c1-2-22-14(21)15(5-3-4-6-15)9-19-13-11(16)7-10(8-18-13)12(17)20/h7-8H,2-6,9H2,1H3,(H2,17,20)(H,18,19). The highest BCUT2D eigenvalue weighted by atomic mass is 35.5. The van der Waals surface area contributed by atoms with Crippen molar-refractivity contribution < 1.29 is 14.3 Å². The van der Waals surface area contributed by atoms with Crippen molar-refractivity contribution in [2.45, 2.75) is 32.6 Å². The minimum Gasteiger partial charge on any atom is -0.466 e. The summed E-state index contributed by atoms with van der Waals surface area (Å²) in [6.45, 7) is 2.58. The molecule has 0 saturated heterocycles. The number of pyridine rings is 1. The lowest BCUT2D eigenvalue weighted by Gasteiger charge is -2.27. The number of amides is 1. The Morgan fingerprint density at radius 3 is 2.68 bits per heavy atom. The molecule has 6 nitrogen and oxygen atoms in total. The van der Waals surface area contributed by atoms with Crippen LogP contribution in [0.5, 0.6) is 0 Å². The Hall–Kier alpha value is -1.82. The van der Waals surface area contributed by atoms with Crippen LogP contribution in [0.1, 0.15) is 43.0 Å². The molecule has 120 valence electrons. The maximum absolute atomic E-state index is 12.2. The van der Waals surface area contributed by atoms with Gasteiger partial charge in [0, 0.05) is 12.7 Å². The molecule has 3 N–H and O–H groups in total. The molecular formula is C15H20ClN3O3. The number of carbonyl (C=O) groups excluding carboxylic acids is 2. The lowest BCUT2D eigenvalue weighted by Crippen LogP contribution is -2.37. The highest BCUT2D eigenvalue weighted by molar-refractivity contribution is 6.33. The molecule has 1 aliphatic carbocycles. The summed E-state index contributed by atoms with van der Waals surface area (Å²) in [5.74, 6) is -0.327. The van der Waals surface area contributed by atoms with Gasteiger partial charge >= 0.3 is 5.97 Å². The van der Waals surface area contributed by atoms with E-state index in [1.54, 1.807) is 6.92 Å². The van der Waals surface area contributed by atoms with Crippen molar-refractivity contribution in [2.24, 2.45) is 11.1 Å². The Morgan fingerprint density at radius 2 is 2.14 bits per heavy atom. The number of ether oxygens (including phenoxy) is 1. The van der Waals surface area contributed by atoms with Crippen LogP contribution >= 0.6 is 11.6 Å². The van der Waals surface area contributed by atoms with Gasteiger partial charge in [-0.1, -0.05) is 24.4 Å². The van der Waals surface area contributed by atoms with Crippen LogP contribution in [0.25, 0.3) is 0 Å². The third-order valence-corrected chi connectivity index (χ3v) is 4.28. The van der Waals surface area contributed by atoms with Crippen LogP contribution in [0, 0.1) is 5.41 Å². The molecule has 2 rings (SSSR count). The molecule has 0 unspecified atom stereocenters. The van der Waals surface area contributed by atoms with Gasteiger partial charge in [-0.3, -0.25) is 9.59 Å². The average Bonchev–Trinajstić information content (AvgIpc) is 2.96. The summed E-state index contributed by atoms with van der Waals surface area (Å²) in [6, 6.07) is 1.46. The zero-order valence-electron chi connectivity index (χ0n) is 12.5. The summed E-state index contributed by atoms with van der Waals surface area (Å²) >= 11 is 6.10. The Morgan fingerprint density at radius 1 is 1.45 bits per heavy atom. The molecule has 1 aromatic rings. The lowest BCUT2D eigenvalue weighted by molar-refractivity contribution is -0.154. The van der Waals surface area contributed by atoms with Crippen molar-refractivity contribution in [3.8, 4) is 0 Å².